The number of nitrogens with one attached hydrogen (secondary N) is 1. The lowest BCUT2D eigenvalue weighted by Gasteiger charge is -2.36. The molecule has 1 saturated heterocycles. The van der Waals surface area contributed by atoms with Gasteiger partial charge in [0.05, 0.1) is 35.2 Å². The van der Waals surface area contributed by atoms with Crippen molar-refractivity contribution in [1.29, 1.82) is 0 Å². The molecule has 0 amide bonds. The molecule has 0 aromatic carbocycles. The maximum Gasteiger partial charge on any atom is 0.422 e. The van der Waals surface area contributed by atoms with E-state index in [0.717, 1.165) is 37.4 Å². The first kappa shape index (κ1) is 21.3. The van der Waals surface area contributed by atoms with Crippen molar-refractivity contribution in [3.8, 4) is 0 Å². The molecule has 0 saturated carbocycles. The summed E-state index contributed by atoms with van der Waals surface area (Å²) in [5.74, 6) is 0. The Morgan fingerprint density at radius 3 is 2.48 bits per heavy atom. The molecule has 164 valence electrons. The summed E-state index contributed by atoms with van der Waals surface area (Å²) in [5.41, 5.74) is 0.404. The molecule has 0 spiro atoms. The van der Waals surface area contributed by atoms with Gasteiger partial charge in [-0.2, -0.15) is 13.2 Å². The fraction of sp³-hybridized carbons (Fsp3) is 0.381. The third-order valence-corrected chi connectivity index (χ3v) is 5.55. The Bertz CT molecular complexity index is 1140. The molecule has 31 heavy (non-hydrogen) atoms. The van der Waals surface area contributed by atoms with Gasteiger partial charge in [-0.15, -0.1) is 0 Å². The van der Waals surface area contributed by atoms with Crippen LogP contribution in [0.25, 0.3) is 11.0 Å². The van der Waals surface area contributed by atoms with Gasteiger partial charge in [-0.3, -0.25) is 19.7 Å². The van der Waals surface area contributed by atoms with E-state index in [-0.39, 0.29) is 17.7 Å². The van der Waals surface area contributed by atoms with E-state index in [1.165, 1.54) is 6.92 Å². The fourth-order valence-corrected chi connectivity index (χ4v) is 3.92. The van der Waals surface area contributed by atoms with E-state index in [1.807, 2.05) is 6.07 Å². The van der Waals surface area contributed by atoms with Crippen LogP contribution < -0.4 is 10.5 Å². The van der Waals surface area contributed by atoms with Crippen LogP contribution in [0.2, 0.25) is 0 Å². The van der Waals surface area contributed by atoms with Crippen molar-refractivity contribution in [2.24, 2.45) is 0 Å². The summed E-state index contributed by atoms with van der Waals surface area (Å²) >= 11 is 0. The van der Waals surface area contributed by atoms with Crippen molar-refractivity contribution in [2.75, 3.05) is 31.1 Å². The van der Waals surface area contributed by atoms with Gasteiger partial charge >= 0.3 is 6.18 Å². The first-order valence-corrected chi connectivity index (χ1v) is 9.88. The highest BCUT2D eigenvalue weighted by molar-refractivity contribution is 5.79. The van der Waals surface area contributed by atoms with Crippen LogP contribution in [0.1, 0.15) is 22.4 Å². The van der Waals surface area contributed by atoms with Gasteiger partial charge in [0, 0.05) is 38.9 Å². The Hall–Kier alpha value is -2.98. The molecule has 3 aromatic heterocycles. The minimum Gasteiger partial charge on any atom is -0.390 e. The molecule has 7 nitrogen and oxygen atoms in total. The molecule has 0 aliphatic carbocycles. The van der Waals surface area contributed by atoms with Crippen LogP contribution in [0.3, 0.4) is 0 Å². The Labute approximate surface area is 176 Å². The quantitative estimate of drug-likeness (QED) is 0.658. The van der Waals surface area contributed by atoms with E-state index in [9.17, 15) is 18.0 Å². The number of piperazine rings is 1. The van der Waals surface area contributed by atoms with Crippen LogP contribution in [0.4, 0.5) is 18.9 Å². The Balaban J connectivity index is 1.46. The summed E-state index contributed by atoms with van der Waals surface area (Å²) in [4.78, 5) is 27.2. The molecule has 4 rings (SSSR count). The molecular weight excluding hydrogens is 411 g/mol. The van der Waals surface area contributed by atoms with Crippen molar-refractivity contribution < 1.29 is 18.3 Å². The van der Waals surface area contributed by atoms with Crippen LogP contribution in [-0.2, 0) is 19.3 Å². The van der Waals surface area contributed by atoms with Crippen molar-refractivity contribution in [3.05, 3.63) is 63.3 Å². The van der Waals surface area contributed by atoms with E-state index >= 15 is 0 Å². The minimum absolute atomic E-state index is 0.0871. The summed E-state index contributed by atoms with van der Waals surface area (Å²) in [6, 6.07) is 5.44. The predicted molar refractivity (Wildman–Crippen MR) is 110 cm³/mol. The van der Waals surface area contributed by atoms with Crippen LogP contribution in [-0.4, -0.2) is 51.1 Å². The standard InChI is InChI=1S/C21H22F3N5O2/c1-13-18(21(22,23)24)20(31)27-17-8-14(9-26-19(13)17)11-28-4-6-29(7-5-28)16-3-2-15(12-30)25-10-16/h2-3,8-10,30H,4-7,11-12H2,1H3,(H,27,31). The number of halogens is 3. The number of aliphatic hydroxyl groups is 1. The van der Waals surface area contributed by atoms with Crippen molar-refractivity contribution >= 4 is 16.7 Å². The number of rotatable bonds is 4. The minimum atomic E-state index is -4.72. The molecule has 3 aromatic rings. The zero-order chi connectivity index (χ0) is 22.2. The van der Waals surface area contributed by atoms with E-state index in [2.05, 4.69) is 24.8 Å². The monoisotopic (exact) mass is 433 g/mol. The molecular formula is C21H22F3N5O2. The molecule has 0 bridgehead atoms. The van der Waals surface area contributed by atoms with Gasteiger partial charge in [0.2, 0.25) is 0 Å². The maximum atomic E-state index is 13.1. The number of aryl methyl sites for hydroxylation is 1. The lowest BCUT2D eigenvalue weighted by atomic mass is 10.1. The van der Waals surface area contributed by atoms with Crippen LogP contribution in [0, 0.1) is 6.92 Å². The molecule has 0 radical (unpaired) electrons. The first-order valence-electron chi connectivity index (χ1n) is 9.88. The van der Waals surface area contributed by atoms with Crippen molar-refractivity contribution in [3.63, 3.8) is 0 Å². The smallest absolute Gasteiger partial charge is 0.390 e. The zero-order valence-electron chi connectivity index (χ0n) is 16.9. The van der Waals surface area contributed by atoms with E-state index < -0.39 is 17.3 Å². The van der Waals surface area contributed by atoms with Crippen LogP contribution >= 0.6 is 0 Å². The summed E-state index contributed by atoms with van der Waals surface area (Å²) in [7, 11) is 0. The van der Waals surface area contributed by atoms with Gasteiger partial charge in [-0.25, -0.2) is 0 Å². The number of aromatic amines is 1. The number of pyridine rings is 3. The Morgan fingerprint density at radius 2 is 1.87 bits per heavy atom. The fourth-order valence-electron chi connectivity index (χ4n) is 3.92. The average molecular weight is 433 g/mol. The lowest BCUT2D eigenvalue weighted by molar-refractivity contribution is -0.139. The number of H-pyrrole nitrogens is 1. The third-order valence-electron chi connectivity index (χ3n) is 5.55. The number of aliphatic hydroxyl groups excluding tert-OH is 1. The molecule has 4 heterocycles. The summed E-state index contributed by atoms with van der Waals surface area (Å²) in [6.45, 7) is 4.95. The number of aromatic nitrogens is 3. The molecule has 1 fully saturated rings. The van der Waals surface area contributed by atoms with Gasteiger partial charge in [-0.1, -0.05) is 0 Å². The molecule has 10 heteroatoms. The lowest BCUT2D eigenvalue weighted by Crippen LogP contribution is -2.46. The molecule has 1 aliphatic heterocycles. The number of nitrogens with zero attached hydrogens (tertiary/aromatic N) is 4. The molecule has 0 unspecified atom stereocenters. The summed E-state index contributed by atoms with van der Waals surface area (Å²) in [6.07, 6.45) is -1.40. The van der Waals surface area contributed by atoms with Crippen molar-refractivity contribution in [2.45, 2.75) is 26.3 Å². The summed E-state index contributed by atoms with van der Waals surface area (Å²) < 4.78 is 39.4. The average Bonchev–Trinajstić information content (AvgIpc) is 2.73. The normalized spacial score (nSPS) is 15.6. The molecule has 0 atom stereocenters. The van der Waals surface area contributed by atoms with Gasteiger partial charge in [0.25, 0.3) is 5.56 Å². The third kappa shape index (κ3) is 4.40. The highest BCUT2D eigenvalue weighted by atomic mass is 19.4. The zero-order valence-corrected chi connectivity index (χ0v) is 16.9. The van der Waals surface area contributed by atoms with E-state index in [1.54, 1.807) is 24.5 Å². The summed E-state index contributed by atoms with van der Waals surface area (Å²) in [5, 5.41) is 9.10. The number of alkyl halides is 3. The maximum absolute atomic E-state index is 13.1. The highest BCUT2D eigenvalue weighted by Crippen LogP contribution is 2.31. The first-order chi connectivity index (χ1) is 14.8. The van der Waals surface area contributed by atoms with Gasteiger partial charge in [0.15, 0.2) is 0 Å². The second-order valence-corrected chi connectivity index (χ2v) is 7.62. The molecule has 1 aliphatic rings. The Morgan fingerprint density at radius 1 is 1.13 bits per heavy atom. The second-order valence-electron chi connectivity index (χ2n) is 7.62. The van der Waals surface area contributed by atoms with Crippen molar-refractivity contribution in [1.82, 2.24) is 19.9 Å². The second kappa shape index (κ2) is 8.27. The van der Waals surface area contributed by atoms with Crippen LogP contribution in [0.5, 0.6) is 0 Å². The highest BCUT2D eigenvalue weighted by Gasteiger charge is 2.36. The number of fused-ring (bicyclic) bond motifs is 1. The number of hydrogen-bond donors (Lipinski definition) is 2. The van der Waals surface area contributed by atoms with Gasteiger partial charge in [-0.05, 0) is 36.2 Å². The largest absolute Gasteiger partial charge is 0.422 e. The van der Waals surface area contributed by atoms with Gasteiger partial charge < -0.3 is 15.0 Å². The SMILES string of the molecule is Cc1c(C(F)(F)F)c(=O)[nH]c2cc(CN3CCN(c4ccc(CO)nc4)CC3)cnc12. The van der Waals surface area contributed by atoms with Gasteiger partial charge in [0.1, 0.15) is 5.56 Å². The number of anilines is 1. The topological polar surface area (TPSA) is 85.4 Å². The number of hydrogen-bond acceptors (Lipinski definition) is 6. The van der Waals surface area contributed by atoms with E-state index in [0.29, 0.717) is 17.8 Å². The van der Waals surface area contributed by atoms with E-state index in [4.69, 9.17) is 5.11 Å². The Kier molecular flexibility index (Phi) is 5.67. The predicted octanol–water partition coefficient (Wildman–Crippen LogP) is 2.46. The molecule has 2 N–H and O–H groups in total. The van der Waals surface area contributed by atoms with Crippen LogP contribution in [0.15, 0.2) is 35.4 Å².